The van der Waals surface area contributed by atoms with E-state index in [9.17, 15) is 9.59 Å². The van der Waals surface area contributed by atoms with E-state index in [4.69, 9.17) is 4.74 Å². The molecule has 3 rings (SSSR count). The summed E-state index contributed by atoms with van der Waals surface area (Å²) in [6.07, 6.45) is 9.09. The molecule has 0 aromatic heterocycles. The Kier molecular flexibility index (Phi) is 6.08. The van der Waals surface area contributed by atoms with Crippen molar-refractivity contribution in [1.29, 1.82) is 0 Å². The third-order valence-corrected chi connectivity index (χ3v) is 6.86. The minimum atomic E-state index is 0.0859. The number of piperidine rings is 1. The topological polar surface area (TPSA) is 49.9 Å². The van der Waals surface area contributed by atoms with Crippen LogP contribution in [0.25, 0.3) is 0 Å². The summed E-state index contributed by atoms with van der Waals surface area (Å²) in [5, 5.41) is 0. The second kappa shape index (κ2) is 8.09. The van der Waals surface area contributed by atoms with Crippen molar-refractivity contribution in [2.45, 2.75) is 63.0 Å². The van der Waals surface area contributed by atoms with Crippen LogP contribution in [0.5, 0.6) is 0 Å². The highest BCUT2D eigenvalue weighted by Crippen LogP contribution is 2.36. The van der Waals surface area contributed by atoms with Gasteiger partial charge in [0.15, 0.2) is 0 Å². The van der Waals surface area contributed by atoms with Crippen molar-refractivity contribution in [3.8, 4) is 0 Å². The average molecular weight is 355 g/mol. The van der Waals surface area contributed by atoms with Gasteiger partial charge in [-0.3, -0.25) is 9.59 Å². The zero-order valence-electron chi connectivity index (χ0n) is 14.8. The fourth-order valence-electron chi connectivity index (χ4n) is 4.04. The lowest BCUT2D eigenvalue weighted by Crippen LogP contribution is -2.53. The van der Waals surface area contributed by atoms with E-state index in [-0.39, 0.29) is 17.4 Å². The van der Waals surface area contributed by atoms with Gasteiger partial charge in [-0.05, 0) is 32.1 Å². The summed E-state index contributed by atoms with van der Waals surface area (Å²) in [5.41, 5.74) is 0.0859. The summed E-state index contributed by atoms with van der Waals surface area (Å²) in [6.45, 7) is 2.48. The maximum Gasteiger partial charge on any atom is 0.232 e. The van der Waals surface area contributed by atoms with E-state index in [1.165, 1.54) is 31.0 Å². The van der Waals surface area contributed by atoms with E-state index >= 15 is 0 Å². The van der Waals surface area contributed by atoms with Gasteiger partial charge in [-0.15, -0.1) is 11.8 Å². The lowest BCUT2D eigenvalue weighted by atomic mass is 9.84. The molecule has 2 heterocycles. The molecular formula is C18H30N2O3S. The molecular weight excluding hydrogens is 324 g/mol. The zero-order valence-corrected chi connectivity index (χ0v) is 15.6. The molecule has 0 unspecified atom stereocenters. The molecule has 2 amide bonds. The highest BCUT2D eigenvalue weighted by molar-refractivity contribution is 8.00. The molecule has 136 valence electrons. The van der Waals surface area contributed by atoms with Crippen molar-refractivity contribution in [3.63, 3.8) is 0 Å². The predicted molar refractivity (Wildman–Crippen MR) is 96.1 cm³/mol. The van der Waals surface area contributed by atoms with Gasteiger partial charge < -0.3 is 14.5 Å². The molecule has 6 heteroatoms. The summed E-state index contributed by atoms with van der Waals surface area (Å²) < 4.78 is 5.69. The Morgan fingerprint density at radius 1 is 1.12 bits per heavy atom. The molecule has 0 aromatic carbocycles. The molecule has 1 aliphatic carbocycles. The van der Waals surface area contributed by atoms with Gasteiger partial charge in [-0.25, -0.2) is 0 Å². The first-order valence-electron chi connectivity index (χ1n) is 9.35. The van der Waals surface area contributed by atoms with Crippen LogP contribution in [0, 0.1) is 0 Å². The number of hydrogen-bond donors (Lipinski definition) is 0. The Morgan fingerprint density at radius 3 is 2.38 bits per heavy atom. The lowest BCUT2D eigenvalue weighted by molar-refractivity contribution is -0.175. The van der Waals surface area contributed by atoms with Gasteiger partial charge in [-0.1, -0.05) is 19.3 Å². The third-order valence-electron chi connectivity index (χ3n) is 5.96. The summed E-state index contributed by atoms with van der Waals surface area (Å²) >= 11 is 1.46. The molecule has 0 radical (unpaired) electrons. The van der Waals surface area contributed by atoms with Gasteiger partial charge in [0.2, 0.25) is 11.8 Å². The average Bonchev–Trinajstić information content (AvgIpc) is 2.60. The lowest BCUT2D eigenvalue weighted by Gasteiger charge is -2.47. The van der Waals surface area contributed by atoms with Gasteiger partial charge in [0.1, 0.15) is 0 Å². The summed E-state index contributed by atoms with van der Waals surface area (Å²) in [6, 6.07) is 0.406. The Morgan fingerprint density at radius 2 is 1.79 bits per heavy atom. The van der Waals surface area contributed by atoms with Gasteiger partial charge in [0.05, 0.1) is 23.7 Å². The molecule has 1 spiro atoms. The molecule has 3 aliphatic rings. The second-order valence-electron chi connectivity index (χ2n) is 7.45. The van der Waals surface area contributed by atoms with Crippen molar-refractivity contribution in [1.82, 2.24) is 9.80 Å². The van der Waals surface area contributed by atoms with Gasteiger partial charge >= 0.3 is 0 Å². The van der Waals surface area contributed by atoms with Crippen LogP contribution in [0.1, 0.15) is 51.4 Å². The Hall–Kier alpha value is -0.750. The van der Waals surface area contributed by atoms with Crippen molar-refractivity contribution < 1.29 is 14.3 Å². The smallest absolute Gasteiger partial charge is 0.232 e. The van der Waals surface area contributed by atoms with E-state index in [2.05, 4.69) is 0 Å². The highest BCUT2D eigenvalue weighted by atomic mass is 32.2. The number of nitrogens with zero attached hydrogens (tertiary/aromatic N) is 2. The van der Waals surface area contributed by atoms with Gasteiger partial charge in [0, 0.05) is 26.2 Å². The first kappa shape index (κ1) is 18.1. The maximum absolute atomic E-state index is 12.3. The van der Waals surface area contributed by atoms with Crippen LogP contribution in [0.3, 0.4) is 0 Å². The molecule has 3 fully saturated rings. The number of carbonyl (C=O) groups excluding carboxylic acids is 2. The molecule has 0 N–H and O–H groups in total. The Balaban J connectivity index is 1.33. The predicted octanol–water partition coefficient (Wildman–Crippen LogP) is 2.29. The summed E-state index contributed by atoms with van der Waals surface area (Å²) in [4.78, 5) is 28.5. The number of amides is 2. The fourth-order valence-corrected chi connectivity index (χ4v) is 4.88. The van der Waals surface area contributed by atoms with Crippen molar-refractivity contribution >= 4 is 23.6 Å². The fraction of sp³-hybridized carbons (Fsp3) is 0.889. The SMILES string of the molecule is CN(C(=O)CSCC(=O)N1CCC2(CCO2)CC1)C1CCCCC1. The largest absolute Gasteiger partial charge is 0.375 e. The number of ether oxygens (including phenoxy) is 1. The van der Waals surface area contributed by atoms with Gasteiger partial charge in [0.25, 0.3) is 0 Å². The molecule has 0 bridgehead atoms. The molecule has 24 heavy (non-hydrogen) atoms. The number of hydrogen-bond acceptors (Lipinski definition) is 4. The van der Waals surface area contributed by atoms with Crippen LogP contribution >= 0.6 is 11.8 Å². The summed E-state index contributed by atoms with van der Waals surface area (Å²) in [7, 11) is 1.92. The van der Waals surface area contributed by atoms with Crippen LogP contribution in [0.2, 0.25) is 0 Å². The minimum Gasteiger partial charge on any atom is -0.375 e. The monoisotopic (exact) mass is 354 g/mol. The molecule has 2 saturated heterocycles. The van der Waals surface area contributed by atoms with Crippen molar-refractivity contribution in [2.75, 3.05) is 38.2 Å². The van der Waals surface area contributed by atoms with Gasteiger partial charge in [-0.2, -0.15) is 0 Å². The maximum atomic E-state index is 12.3. The quantitative estimate of drug-likeness (QED) is 0.760. The second-order valence-corrected chi connectivity index (χ2v) is 8.44. The number of thioether (sulfide) groups is 1. The standard InChI is InChI=1S/C18H30N2O3S/c1-19(15-5-3-2-4-6-15)16(21)13-24-14-17(22)20-10-7-18(8-11-20)9-12-23-18/h15H,2-14H2,1H3. The normalized spacial score (nSPS) is 23.8. The third kappa shape index (κ3) is 4.26. The highest BCUT2D eigenvalue weighted by Gasteiger charge is 2.41. The molecule has 1 saturated carbocycles. The van der Waals surface area contributed by atoms with Crippen LogP contribution < -0.4 is 0 Å². The number of carbonyl (C=O) groups is 2. The van der Waals surface area contributed by atoms with E-state index in [1.54, 1.807) is 0 Å². The van der Waals surface area contributed by atoms with E-state index in [0.29, 0.717) is 17.5 Å². The Bertz CT molecular complexity index is 451. The van der Waals surface area contributed by atoms with Crippen LogP contribution in [-0.2, 0) is 14.3 Å². The van der Waals surface area contributed by atoms with Crippen LogP contribution in [0.15, 0.2) is 0 Å². The van der Waals surface area contributed by atoms with E-state index in [0.717, 1.165) is 51.8 Å². The molecule has 0 atom stereocenters. The molecule has 2 aliphatic heterocycles. The number of likely N-dealkylation sites (tertiary alicyclic amines) is 1. The van der Waals surface area contributed by atoms with Crippen molar-refractivity contribution in [2.24, 2.45) is 0 Å². The Labute approximate surface area is 149 Å². The minimum absolute atomic E-state index is 0.0859. The first-order valence-corrected chi connectivity index (χ1v) is 10.5. The zero-order chi connectivity index (χ0) is 17.0. The van der Waals surface area contributed by atoms with E-state index in [1.807, 2.05) is 16.8 Å². The first-order chi connectivity index (χ1) is 11.6. The van der Waals surface area contributed by atoms with Crippen molar-refractivity contribution in [3.05, 3.63) is 0 Å². The molecule has 5 nitrogen and oxygen atoms in total. The van der Waals surface area contributed by atoms with Crippen LogP contribution in [0.4, 0.5) is 0 Å². The number of rotatable bonds is 5. The molecule has 0 aromatic rings. The van der Waals surface area contributed by atoms with Crippen LogP contribution in [-0.4, -0.2) is 71.5 Å². The summed E-state index contributed by atoms with van der Waals surface area (Å²) in [5.74, 6) is 1.17. The van der Waals surface area contributed by atoms with E-state index < -0.39 is 0 Å².